The first kappa shape index (κ1) is 13.1. The highest BCUT2D eigenvalue weighted by Crippen LogP contribution is 2.17. The van der Waals surface area contributed by atoms with E-state index in [4.69, 9.17) is 4.74 Å². The number of hydrogen-bond donors (Lipinski definition) is 1. The number of nitrogens with one attached hydrogen (secondary N) is 1. The van der Waals surface area contributed by atoms with Crippen molar-refractivity contribution in [2.45, 2.75) is 38.8 Å². The van der Waals surface area contributed by atoms with Gasteiger partial charge in [0, 0.05) is 17.6 Å². The molecule has 1 N–H and O–H groups in total. The second-order valence-electron chi connectivity index (χ2n) is 4.68. The molecule has 0 bridgehead atoms. The van der Waals surface area contributed by atoms with E-state index in [2.05, 4.69) is 46.4 Å². The van der Waals surface area contributed by atoms with Crippen molar-refractivity contribution < 1.29 is 4.74 Å². The highest BCUT2D eigenvalue weighted by Gasteiger charge is 2.14. The molecule has 1 saturated heterocycles. The maximum Gasteiger partial charge on any atom is 0.0588 e. The Labute approximate surface area is 112 Å². The fourth-order valence-electron chi connectivity index (χ4n) is 2.11. The zero-order chi connectivity index (χ0) is 12.1. The predicted octanol–water partition coefficient (Wildman–Crippen LogP) is 3.42. The SMILES string of the molecule is Cc1ccc(CNCCC2CCCO2)cc1Br. The van der Waals surface area contributed by atoms with Crippen LogP contribution in [0.3, 0.4) is 0 Å². The van der Waals surface area contributed by atoms with Gasteiger partial charge in [-0.1, -0.05) is 28.1 Å². The average molecular weight is 298 g/mol. The second-order valence-corrected chi connectivity index (χ2v) is 5.54. The summed E-state index contributed by atoms with van der Waals surface area (Å²) in [5.41, 5.74) is 2.61. The van der Waals surface area contributed by atoms with Crippen LogP contribution in [-0.2, 0) is 11.3 Å². The van der Waals surface area contributed by atoms with Crippen LogP contribution in [0.1, 0.15) is 30.4 Å². The van der Waals surface area contributed by atoms with Crippen LogP contribution in [-0.4, -0.2) is 19.3 Å². The van der Waals surface area contributed by atoms with E-state index in [0.29, 0.717) is 6.10 Å². The lowest BCUT2D eigenvalue weighted by Gasteiger charge is -2.10. The highest BCUT2D eigenvalue weighted by molar-refractivity contribution is 9.10. The zero-order valence-corrected chi connectivity index (χ0v) is 11.9. The highest BCUT2D eigenvalue weighted by atomic mass is 79.9. The van der Waals surface area contributed by atoms with Gasteiger partial charge in [-0.25, -0.2) is 0 Å². The molecule has 94 valence electrons. The van der Waals surface area contributed by atoms with Gasteiger partial charge in [0.15, 0.2) is 0 Å². The van der Waals surface area contributed by atoms with Crippen LogP contribution in [0.2, 0.25) is 0 Å². The summed E-state index contributed by atoms with van der Waals surface area (Å²) < 4.78 is 6.78. The molecule has 1 aromatic carbocycles. The third kappa shape index (κ3) is 4.09. The average Bonchev–Trinajstić information content (AvgIpc) is 2.82. The molecule has 0 amide bonds. The molecule has 17 heavy (non-hydrogen) atoms. The first-order valence-corrected chi connectivity index (χ1v) is 7.12. The minimum Gasteiger partial charge on any atom is -0.378 e. The van der Waals surface area contributed by atoms with E-state index in [1.54, 1.807) is 0 Å². The Bertz CT molecular complexity index is 361. The Morgan fingerprint density at radius 1 is 1.47 bits per heavy atom. The second kappa shape index (κ2) is 6.53. The molecular formula is C14H20BrNO. The molecule has 2 rings (SSSR count). The molecule has 0 radical (unpaired) electrons. The zero-order valence-electron chi connectivity index (χ0n) is 10.3. The van der Waals surface area contributed by atoms with Crippen LogP contribution in [0.15, 0.2) is 22.7 Å². The normalized spacial score (nSPS) is 19.8. The summed E-state index contributed by atoms with van der Waals surface area (Å²) in [6.45, 7) is 5.04. The summed E-state index contributed by atoms with van der Waals surface area (Å²) in [4.78, 5) is 0. The Kier molecular flexibility index (Phi) is 5.01. The fourth-order valence-corrected chi connectivity index (χ4v) is 2.54. The molecule has 2 nitrogen and oxygen atoms in total. The van der Waals surface area contributed by atoms with Gasteiger partial charge in [0.1, 0.15) is 0 Å². The summed E-state index contributed by atoms with van der Waals surface area (Å²) in [7, 11) is 0. The van der Waals surface area contributed by atoms with Crippen LogP contribution in [0.25, 0.3) is 0 Å². The van der Waals surface area contributed by atoms with Gasteiger partial charge in [-0.2, -0.15) is 0 Å². The van der Waals surface area contributed by atoms with Gasteiger partial charge < -0.3 is 10.1 Å². The Hall–Kier alpha value is -0.380. The number of rotatable bonds is 5. The topological polar surface area (TPSA) is 21.3 Å². The minimum absolute atomic E-state index is 0.493. The quantitative estimate of drug-likeness (QED) is 0.841. The van der Waals surface area contributed by atoms with Crippen LogP contribution >= 0.6 is 15.9 Å². The maximum atomic E-state index is 5.59. The maximum absolute atomic E-state index is 5.59. The largest absolute Gasteiger partial charge is 0.378 e. The van der Waals surface area contributed by atoms with Crippen LogP contribution in [0.4, 0.5) is 0 Å². The van der Waals surface area contributed by atoms with Crippen LogP contribution in [0.5, 0.6) is 0 Å². The van der Waals surface area contributed by atoms with Gasteiger partial charge in [-0.15, -0.1) is 0 Å². The Morgan fingerprint density at radius 2 is 2.35 bits per heavy atom. The van der Waals surface area contributed by atoms with Crippen LogP contribution in [0, 0.1) is 6.92 Å². The molecule has 0 aliphatic carbocycles. The minimum atomic E-state index is 0.493. The third-order valence-corrected chi connectivity index (χ3v) is 4.09. The molecule has 3 heteroatoms. The molecule has 1 aromatic rings. The smallest absolute Gasteiger partial charge is 0.0588 e. The van der Waals surface area contributed by atoms with Gasteiger partial charge in [-0.05, 0) is 49.9 Å². The molecule has 1 atom stereocenters. The van der Waals surface area contributed by atoms with Gasteiger partial charge in [-0.3, -0.25) is 0 Å². The van der Waals surface area contributed by atoms with E-state index < -0.39 is 0 Å². The van der Waals surface area contributed by atoms with Crippen molar-refractivity contribution >= 4 is 15.9 Å². The van der Waals surface area contributed by atoms with Gasteiger partial charge >= 0.3 is 0 Å². The van der Waals surface area contributed by atoms with Crippen molar-refractivity contribution in [3.63, 3.8) is 0 Å². The summed E-state index contributed by atoms with van der Waals surface area (Å²) in [6, 6.07) is 6.52. The molecule has 1 heterocycles. The van der Waals surface area contributed by atoms with E-state index in [0.717, 1.165) is 26.1 Å². The van der Waals surface area contributed by atoms with E-state index in [9.17, 15) is 0 Å². The number of benzene rings is 1. The van der Waals surface area contributed by atoms with Gasteiger partial charge in [0.05, 0.1) is 6.10 Å². The number of halogens is 1. The summed E-state index contributed by atoms with van der Waals surface area (Å²) >= 11 is 3.56. The number of ether oxygens (including phenoxy) is 1. The predicted molar refractivity (Wildman–Crippen MR) is 74.2 cm³/mol. The fraction of sp³-hybridized carbons (Fsp3) is 0.571. The standard InChI is InChI=1S/C14H20BrNO/c1-11-4-5-12(9-14(11)15)10-16-7-6-13-3-2-8-17-13/h4-5,9,13,16H,2-3,6-8,10H2,1H3. The lowest BCUT2D eigenvalue weighted by atomic mass is 10.1. The van der Waals surface area contributed by atoms with E-state index >= 15 is 0 Å². The van der Waals surface area contributed by atoms with E-state index in [1.165, 1.54) is 28.4 Å². The van der Waals surface area contributed by atoms with Gasteiger partial charge in [0.25, 0.3) is 0 Å². The Morgan fingerprint density at radius 3 is 3.06 bits per heavy atom. The van der Waals surface area contributed by atoms with Crippen molar-refractivity contribution in [3.05, 3.63) is 33.8 Å². The first-order chi connectivity index (χ1) is 8.25. The molecule has 0 spiro atoms. The van der Waals surface area contributed by atoms with Crippen LogP contribution < -0.4 is 5.32 Å². The molecule has 1 aliphatic rings. The molecule has 0 aromatic heterocycles. The van der Waals surface area contributed by atoms with E-state index in [1.807, 2.05) is 0 Å². The molecule has 1 fully saturated rings. The molecule has 0 saturated carbocycles. The lowest BCUT2D eigenvalue weighted by molar-refractivity contribution is 0.104. The van der Waals surface area contributed by atoms with Crippen molar-refractivity contribution in [2.75, 3.05) is 13.2 Å². The third-order valence-electron chi connectivity index (χ3n) is 3.23. The summed E-state index contributed by atoms with van der Waals surface area (Å²) in [5, 5.41) is 3.47. The lowest BCUT2D eigenvalue weighted by Crippen LogP contribution is -2.19. The van der Waals surface area contributed by atoms with Crippen molar-refractivity contribution in [3.8, 4) is 0 Å². The summed E-state index contributed by atoms with van der Waals surface area (Å²) in [5.74, 6) is 0. The number of aryl methyl sites for hydroxylation is 1. The van der Waals surface area contributed by atoms with Crippen molar-refractivity contribution in [2.24, 2.45) is 0 Å². The monoisotopic (exact) mass is 297 g/mol. The molecular weight excluding hydrogens is 278 g/mol. The summed E-state index contributed by atoms with van der Waals surface area (Å²) in [6.07, 6.45) is 4.09. The number of hydrogen-bond acceptors (Lipinski definition) is 2. The van der Waals surface area contributed by atoms with Crippen molar-refractivity contribution in [1.82, 2.24) is 5.32 Å². The Balaban J connectivity index is 1.68. The van der Waals surface area contributed by atoms with E-state index in [-0.39, 0.29) is 0 Å². The molecule has 1 unspecified atom stereocenters. The first-order valence-electron chi connectivity index (χ1n) is 6.33. The van der Waals surface area contributed by atoms with Gasteiger partial charge in [0.2, 0.25) is 0 Å². The van der Waals surface area contributed by atoms with Crippen molar-refractivity contribution in [1.29, 1.82) is 0 Å². The molecule has 1 aliphatic heterocycles.